The van der Waals surface area contributed by atoms with Gasteiger partial charge in [0.05, 0.1) is 13.2 Å². The predicted molar refractivity (Wildman–Crippen MR) is 125 cm³/mol. The number of nitrogens with zero attached hydrogens (tertiary/aromatic N) is 1. The molecule has 0 aliphatic heterocycles. The standard InChI is InChI=1S/C25H32N2O6/c1-4-33-24(31)21(26-25(32)27(15-17(2)3)16-22(28)23(29)30)14-18-10-12-20(13-11-18)19-8-6-5-7-9-19/h5-13,17,21-22,28H,4,14-16H2,1-3H3,(H,26,32)(H,29,30)/t21-,22?/m0/s1. The van der Waals surface area contributed by atoms with Crippen molar-refractivity contribution in [2.45, 2.75) is 39.3 Å². The molecule has 0 aliphatic carbocycles. The Morgan fingerprint density at radius 3 is 2.12 bits per heavy atom. The third kappa shape index (κ3) is 8.23. The molecule has 0 aliphatic rings. The number of aliphatic hydroxyl groups is 1. The van der Waals surface area contributed by atoms with E-state index in [1.54, 1.807) is 6.92 Å². The lowest BCUT2D eigenvalue weighted by atomic mass is 10.0. The van der Waals surface area contributed by atoms with Gasteiger partial charge in [0, 0.05) is 13.0 Å². The molecule has 0 spiro atoms. The molecule has 2 aromatic rings. The van der Waals surface area contributed by atoms with Gasteiger partial charge in [-0.3, -0.25) is 0 Å². The van der Waals surface area contributed by atoms with Crippen molar-refractivity contribution < 1.29 is 29.3 Å². The molecule has 0 heterocycles. The summed E-state index contributed by atoms with van der Waals surface area (Å²) in [4.78, 5) is 37.7. The number of ether oxygens (including phenoxy) is 1. The highest BCUT2D eigenvalue weighted by Gasteiger charge is 2.28. The smallest absolute Gasteiger partial charge is 0.334 e. The number of aliphatic hydroxyl groups excluding tert-OH is 1. The van der Waals surface area contributed by atoms with E-state index in [2.05, 4.69) is 5.32 Å². The topological polar surface area (TPSA) is 116 Å². The van der Waals surface area contributed by atoms with Crippen molar-refractivity contribution in [1.82, 2.24) is 10.2 Å². The number of hydrogen-bond acceptors (Lipinski definition) is 5. The summed E-state index contributed by atoms with van der Waals surface area (Å²) >= 11 is 0. The lowest BCUT2D eigenvalue weighted by Crippen LogP contribution is -2.52. The van der Waals surface area contributed by atoms with Crippen molar-refractivity contribution >= 4 is 18.0 Å². The number of carboxylic acids is 1. The number of carbonyl (C=O) groups is 3. The highest BCUT2D eigenvalue weighted by molar-refractivity contribution is 5.84. The monoisotopic (exact) mass is 456 g/mol. The molecule has 2 atom stereocenters. The van der Waals surface area contributed by atoms with Gasteiger partial charge in [0.25, 0.3) is 0 Å². The van der Waals surface area contributed by atoms with Crippen LogP contribution in [0.15, 0.2) is 54.6 Å². The van der Waals surface area contributed by atoms with E-state index in [0.29, 0.717) is 0 Å². The minimum atomic E-state index is -1.72. The summed E-state index contributed by atoms with van der Waals surface area (Å²) in [5, 5.41) is 21.4. The average Bonchev–Trinajstić information content (AvgIpc) is 2.79. The molecule has 0 aromatic heterocycles. The van der Waals surface area contributed by atoms with Crippen LogP contribution in [0.3, 0.4) is 0 Å². The molecule has 2 amide bonds. The van der Waals surface area contributed by atoms with Crippen LogP contribution in [0.4, 0.5) is 4.79 Å². The van der Waals surface area contributed by atoms with Gasteiger partial charge < -0.3 is 25.2 Å². The van der Waals surface area contributed by atoms with Crippen LogP contribution in [0.2, 0.25) is 0 Å². The highest BCUT2D eigenvalue weighted by atomic mass is 16.5. The lowest BCUT2D eigenvalue weighted by molar-refractivity contribution is -0.148. The first-order chi connectivity index (χ1) is 15.7. The molecule has 0 saturated carbocycles. The normalized spacial score (nSPS) is 12.6. The van der Waals surface area contributed by atoms with E-state index in [1.807, 2.05) is 68.4 Å². The van der Waals surface area contributed by atoms with Gasteiger partial charge >= 0.3 is 18.0 Å². The molecule has 8 heteroatoms. The first-order valence-electron chi connectivity index (χ1n) is 11.0. The predicted octanol–water partition coefficient (Wildman–Crippen LogP) is 2.94. The number of nitrogens with one attached hydrogen (secondary N) is 1. The van der Waals surface area contributed by atoms with E-state index >= 15 is 0 Å². The van der Waals surface area contributed by atoms with Crippen LogP contribution in [0.5, 0.6) is 0 Å². The molecule has 0 fully saturated rings. The Morgan fingerprint density at radius 2 is 1.58 bits per heavy atom. The van der Waals surface area contributed by atoms with Crippen LogP contribution in [-0.4, -0.2) is 64.9 Å². The minimum Gasteiger partial charge on any atom is -0.479 e. The van der Waals surface area contributed by atoms with Crippen LogP contribution in [0.25, 0.3) is 11.1 Å². The van der Waals surface area contributed by atoms with E-state index < -0.39 is 30.1 Å². The second kappa shape index (κ2) is 12.6. The van der Waals surface area contributed by atoms with E-state index in [4.69, 9.17) is 9.84 Å². The zero-order valence-corrected chi connectivity index (χ0v) is 19.2. The molecule has 0 radical (unpaired) electrons. The van der Waals surface area contributed by atoms with Crippen molar-refractivity contribution in [3.05, 3.63) is 60.2 Å². The Hall–Kier alpha value is -3.39. The van der Waals surface area contributed by atoms with Crippen molar-refractivity contribution in [3.63, 3.8) is 0 Å². The Morgan fingerprint density at radius 1 is 0.970 bits per heavy atom. The molecule has 2 rings (SSSR count). The second-order valence-corrected chi connectivity index (χ2v) is 8.17. The van der Waals surface area contributed by atoms with Crippen LogP contribution in [0.1, 0.15) is 26.3 Å². The Labute approximate surface area is 194 Å². The fraction of sp³-hybridized carbons (Fsp3) is 0.400. The quantitative estimate of drug-likeness (QED) is 0.448. The summed E-state index contributed by atoms with van der Waals surface area (Å²) in [5.74, 6) is -1.97. The number of amides is 2. The molecule has 8 nitrogen and oxygen atoms in total. The Kier molecular flexibility index (Phi) is 9.87. The van der Waals surface area contributed by atoms with Crippen LogP contribution in [-0.2, 0) is 20.7 Å². The number of esters is 1. The van der Waals surface area contributed by atoms with Gasteiger partial charge in [-0.2, -0.15) is 0 Å². The zero-order chi connectivity index (χ0) is 24.4. The molecule has 1 unspecified atom stereocenters. The summed E-state index contributed by atoms with van der Waals surface area (Å²) in [6, 6.07) is 16.0. The summed E-state index contributed by atoms with van der Waals surface area (Å²) in [5.41, 5.74) is 2.93. The molecule has 3 N–H and O–H groups in total. The van der Waals surface area contributed by atoms with Gasteiger partial charge in [0.1, 0.15) is 6.04 Å². The number of hydrogen-bond donors (Lipinski definition) is 3. The number of aliphatic carboxylic acids is 1. The first-order valence-corrected chi connectivity index (χ1v) is 11.0. The fourth-order valence-electron chi connectivity index (χ4n) is 3.34. The maximum Gasteiger partial charge on any atom is 0.334 e. The number of urea groups is 1. The van der Waals surface area contributed by atoms with Gasteiger partial charge in [-0.15, -0.1) is 0 Å². The Balaban J connectivity index is 2.16. The third-order valence-electron chi connectivity index (χ3n) is 4.92. The zero-order valence-electron chi connectivity index (χ0n) is 19.2. The minimum absolute atomic E-state index is 0.0309. The SMILES string of the molecule is CCOC(=O)[C@H](Cc1ccc(-c2ccccc2)cc1)NC(=O)N(CC(C)C)CC(O)C(=O)O. The van der Waals surface area contributed by atoms with Crippen molar-refractivity contribution in [1.29, 1.82) is 0 Å². The summed E-state index contributed by atoms with van der Waals surface area (Å²) in [6.07, 6.45) is -1.52. The molecular weight excluding hydrogens is 424 g/mol. The third-order valence-corrected chi connectivity index (χ3v) is 4.92. The highest BCUT2D eigenvalue weighted by Crippen LogP contribution is 2.20. The van der Waals surface area contributed by atoms with E-state index in [9.17, 15) is 19.5 Å². The van der Waals surface area contributed by atoms with Gasteiger partial charge in [0.15, 0.2) is 6.10 Å². The van der Waals surface area contributed by atoms with Gasteiger partial charge in [0.2, 0.25) is 0 Å². The molecule has 178 valence electrons. The van der Waals surface area contributed by atoms with Gasteiger partial charge in [-0.1, -0.05) is 68.4 Å². The van der Waals surface area contributed by atoms with Gasteiger partial charge in [-0.05, 0) is 29.5 Å². The molecule has 0 saturated heterocycles. The van der Waals surface area contributed by atoms with Crippen LogP contribution in [0, 0.1) is 5.92 Å². The van der Waals surface area contributed by atoms with E-state index in [0.717, 1.165) is 16.7 Å². The van der Waals surface area contributed by atoms with Crippen LogP contribution >= 0.6 is 0 Å². The fourth-order valence-corrected chi connectivity index (χ4v) is 3.34. The van der Waals surface area contributed by atoms with Crippen molar-refractivity contribution in [3.8, 4) is 11.1 Å². The van der Waals surface area contributed by atoms with Gasteiger partial charge in [-0.25, -0.2) is 14.4 Å². The second-order valence-electron chi connectivity index (χ2n) is 8.17. The van der Waals surface area contributed by atoms with Crippen molar-refractivity contribution in [2.75, 3.05) is 19.7 Å². The number of carbonyl (C=O) groups excluding carboxylic acids is 2. The molecule has 0 bridgehead atoms. The summed E-state index contributed by atoms with van der Waals surface area (Å²) in [6.45, 7) is 5.40. The molecule has 33 heavy (non-hydrogen) atoms. The number of rotatable bonds is 11. The maximum atomic E-state index is 12.9. The first kappa shape index (κ1) is 25.9. The maximum absolute atomic E-state index is 12.9. The lowest BCUT2D eigenvalue weighted by Gasteiger charge is -2.28. The Bertz CT molecular complexity index is 914. The average molecular weight is 457 g/mol. The number of carboxylic acid groups (broad SMARTS) is 1. The van der Waals surface area contributed by atoms with E-state index in [-0.39, 0.29) is 32.0 Å². The van der Waals surface area contributed by atoms with Crippen LogP contribution < -0.4 is 5.32 Å². The largest absolute Gasteiger partial charge is 0.479 e. The molecular formula is C25H32N2O6. The number of benzene rings is 2. The van der Waals surface area contributed by atoms with Crippen molar-refractivity contribution in [2.24, 2.45) is 5.92 Å². The summed E-state index contributed by atoms with van der Waals surface area (Å²) in [7, 11) is 0. The molecule has 2 aromatic carbocycles. The van der Waals surface area contributed by atoms with E-state index in [1.165, 1.54) is 4.90 Å². The summed E-state index contributed by atoms with van der Waals surface area (Å²) < 4.78 is 5.13.